The lowest BCUT2D eigenvalue weighted by Gasteiger charge is -2.09. The van der Waals surface area contributed by atoms with Crippen molar-refractivity contribution in [2.24, 2.45) is 10.7 Å². The molecular weight excluding hydrogens is 415 g/mol. The molecule has 0 bridgehead atoms. The molecule has 0 unspecified atom stereocenters. The van der Waals surface area contributed by atoms with E-state index >= 15 is 0 Å². The predicted molar refractivity (Wildman–Crippen MR) is 98.6 cm³/mol. The lowest BCUT2D eigenvalue weighted by atomic mass is 10.3. The number of aliphatic imine (C=N–C) groups is 1. The molecule has 0 aromatic carbocycles. The SMILES string of the molecule is CCNC(=NCc1ccsc1)NCc1ccc(C(N)=O)o1.I. The molecule has 2 heterocycles. The number of nitrogens with two attached hydrogens (primary N) is 1. The van der Waals surface area contributed by atoms with Crippen molar-refractivity contribution < 1.29 is 9.21 Å². The van der Waals surface area contributed by atoms with E-state index in [1.165, 1.54) is 5.56 Å². The smallest absolute Gasteiger partial charge is 0.284 e. The number of carbonyl (C=O) groups is 1. The summed E-state index contributed by atoms with van der Waals surface area (Å²) in [5.41, 5.74) is 6.32. The fourth-order valence-corrected chi connectivity index (χ4v) is 2.33. The molecule has 2 rings (SSSR count). The van der Waals surface area contributed by atoms with Crippen LogP contribution < -0.4 is 16.4 Å². The van der Waals surface area contributed by atoms with E-state index in [2.05, 4.69) is 21.0 Å². The maximum Gasteiger partial charge on any atom is 0.284 e. The number of nitrogens with one attached hydrogen (secondary N) is 2. The van der Waals surface area contributed by atoms with Gasteiger partial charge in [0.05, 0.1) is 13.1 Å². The van der Waals surface area contributed by atoms with Crippen molar-refractivity contribution in [1.82, 2.24) is 10.6 Å². The first-order valence-electron chi connectivity index (χ1n) is 6.60. The fraction of sp³-hybridized carbons (Fsp3) is 0.286. The van der Waals surface area contributed by atoms with E-state index < -0.39 is 5.91 Å². The summed E-state index contributed by atoms with van der Waals surface area (Å²) in [5, 5.41) is 10.4. The van der Waals surface area contributed by atoms with Gasteiger partial charge in [-0.3, -0.25) is 4.79 Å². The minimum absolute atomic E-state index is 0. The normalized spacial score (nSPS) is 10.9. The molecule has 0 fully saturated rings. The van der Waals surface area contributed by atoms with Gasteiger partial charge in [0.1, 0.15) is 5.76 Å². The number of carbonyl (C=O) groups excluding carboxylic acids is 1. The molecule has 6 nitrogen and oxygen atoms in total. The van der Waals surface area contributed by atoms with Crippen LogP contribution in [0, 0.1) is 0 Å². The highest BCUT2D eigenvalue weighted by molar-refractivity contribution is 14.0. The molecule has 0 aliphatic heterocycles. The van der Waals surface area contributed by atoms with Crippen molar-refractivity contribution in [3.8, 4) is 0 Å². The van der Waals surface area contributed by atoms with Crippen LogP contribution in [0.25, 0.3) is 0 Å². The number of thiophene rings is 1. The minimum Gasteiger partial charge on any atom is -0.454 e. The Morgan fingerprint density at radius 3 is 2.77 bits per heavy atom. The summed E-state index contributed by atoms with van der Waals surface area (Å²) < 4.78 is 5.31. The molecule has 2 aromatic heterocycles. The van der Waals surface area contributed by atoms with Crippen LogP contribution in [0.5, 0.6) is 0 Å². The van der Waals surface area contributed by atoms with Gasteiger partial charge in [-0.2, -0.15) is 11.3 Å². The van der Waals surface area contributed by atoms with Crippen molar-refractivity contribution in [2.75, 3.05) is 6.54 Å². The van der Waals surface area contributed by atoms with E-state index in [4.69, 9.17) is 10.2 Å². The molecule has 0 atom stereocenters. The Labute approximate surface area is 150 Å². The van der Waals surface area contributed by atoms with E-state index in [9.17, 15) is 4.79 Å². The average molecular weight is 434 g/mol. The van der Waals surface area contributed by atoms with Gasteiger partial charge < -0.3 is 20.8 Å². The quantitative estimate of drug-likeness (QED) is 0.370. The minimum atomic E-state index is -0.570. The van der Waals surface area contributed by atoms with Gasteiger partial charge in [-0.05, 0) is 41.4 Å². The molecular formula is C14H19IN4O2S. The molecule has 1 amide bonds. The van der Waals surface area contributed by atoms with Crippen LogP contribution in [0.4, 0.5) is 0 Å². The number of hydrogen-bond acceptors (Lipinski definition) is 4. The van der Waals surface area contributed by atoms with Crippen molar-refractivity contribution >= 4 is 47.2 Å². The molecule has 0 aliphatic rings. The summed E-state index contributed by atoms with van der Waals surface area (Å²) in [6.07, 6.45) is 0. The highest BCUT2D eigenvalue weighted by Crippen LogP contribution is 2.08. The molecule has 22 heavy (non-hydrogen) atoms. The van der Waals surface area contributed by atoms with Gasteiger partial charge in [0, 0.05) is 6.54 Å². The third-order valence-electron chi connectivity index (χ3n) is 2.68. The number of nitrogens with zero attached hydrogens (tertiary/aromatic N) is 1. The van der Waals surface area contributed by atoms with Crippen molar-refractivity contribution in [1.29, 1.82) is 0 Å². The van der Waals surface area contributed by atoms with E-state index in [0.717, 1.165) is 6.54 Å². The van der Waals surface area contributed by atoms with Gasteiger partial charge in [0.15, 0.2) is 11.7 Å². The van der Waals surface area contributed by atoms with Crippen molar-refractivity contribution in [3.05, 3.63) is 46.0 Å². The average Bonchev–Trinajstić information content (AvgIpc) is 3.13. The second-order valence-corrected chi connectivity index (χ2v) is 5.09. The highest BCUT2D eigenvalue weighted by Gasteiger charge is 2.07. The molecule has 120 valence electrons. The number of halogens is 1. The zero-order valence-corrected chi connectivity index (χ0v) is 15.3. The number of amides is 1. The molecule has 0 spiro atoms. The molecule has 4 N–H and O–H groups in total. The standard InChI is InChI=1S/C14H18N4O2S.HI/c1-2-16-14(17-7-10-5-6-21-9-10)18-8-11-3-4-12(20-11)13(15)19;/h3-6,9H,2,7-8H2,1H3,(H2,15,19)(H2,16,17,18);1H. The maximum atomic E-state index is 11.0. The highest BCUT2D eigenvalue weighted by atomic mass is 127. The summed E-state index contributed by atoms with van der Waals surface area (Å²) in [7, 11) is 0. The van der Waals surface area contributed by atoms with Gasteiger partial charge in [-0.15, -0.1) is 24.0 Å². The van der Waals surface area contributed by atoms with E-state index in [1.54, 1.807) is 23.5 Å². The summed E-state index contributed by atoms with van der Waals surface area (Å²) >= 11 is 1.65. The predicted octanol–water partition coefficient (Wildman–Crippen LogP) is 2.31. The number of hydrogen-bond donors (Lipinski definition) is 3. The van der Waals surface area contributed by atoms with Crippen LogP contribution >= 0.6 is 35.3 Å². The Balaban J connectivity index is 0.00000242. The molecule has 0 saturated carbocycles. The lowest BCUT2D eigenvalue weighted by Crippen LogP contribution is -2.36. The van der Waals surface area contributed by atoms with Gasteiger partial charge in [-0.1, -0.05) is 0 Å². The number of furan rings is 1. The first kappa shape index (κ1) is 18.5. The Morgan fingerprint density at radius 2 is 2.18 bits per heavy atom. The Morgan fingerprint density at radius 1 is 1.36 bits per heavy atom. The van der Waals surface area contributed by atoms with Crippen LogP contribution in [-0.2, 0) is 13.1 Å². The van der Waals surface area contributed by atoms with Gasteiger partial charge in [0.2, 0.25) is 0 Å². The number of guanidine groups is 1. The summed E-state index contributed by atoms with van der Waals surface area (Å²) in [4.78, 5) is 15.4. The fourth-order valence-electron chi connectivity index (χ4n) is 1.67. The Kier molecular flexibility index (Phi) is 7.96. The van der Waals surface area contributed by atoms with E-state index in [0.29, 0.717) is 24.8 Å². The number of rotatable bonds is 6. The van der Waals surface area contributed by atoms with Crippen LogP contribution in [0.1, 0.15) is 28.8 Å². The van der Waals surface area contributed by atoms with Crippen molar-refractivity contribution in [2.45, 2.75) is 20.0 Å². The maximum absolute atomic E-state index is 11.0. The molecule has 2 aromatic rings. The molecule has 0 aliphatic carbocycles. The Bertz CT molecular complexity index is 610. The topological polar surface area (TPSA) is 92.6 Å². The van der Waals surface area contributed by atoms with Crippen LogP contribution in [0.3, 0.4) is 0 Å². The van der Waals surface area contributed by atoms with Gasteiger partial charge in [-0.25, -0.2) is 4.99 Å². The molecule has 8 heteroatoms. The van der Waals surface area contributed by atoms with E-state index in [-0.39, 0.29) is 29.7 Å². The summed E-state index contributed by atoms with van der Waals surface area (Å²) in [6, 6.07) is 5.33. The summed E-state index contributed by atoms with van der Waals surface area (Å²) in [5.74, 6) is 0.914. The first-order chi connectivity index (χ1) is 10.2. The third-order valence-corrected chi connectivity index (χ3v) is 3.41. The molecule has 0 saturated heterocycles. The second kappa shape index (κ2) is 9.46. The van der Waals surface area contributed by atoms with Gasteiger partial charge >= 0.3 is 0 Å². The van der Waals surface area contributed by atoms with Crippen LogP contribution in [-0.4, -0.2) is 18.4 Å². The monoisotopic (exact) mass is 434 g/mol. The van der Waals surface area contributed by atoms with Crippen molar-refractivity contribution in [3.63, 3.8) is 0 Å². The number of primary amides is 1. The third kappa shape index (κ3) is 5.68. The lowest BCUT2D eigenvalue weighted by molar-refractivity contribution is 0.0972. The Hall–Kier alpha value is -1.55. The second-order valence-electron chi connectivity index (χ2n) is 4.31. The largest absolute Gasteiger partial charge is 0.454 e. The van der Waals surface area contributed by atoms with Crippen LogP contribution in [0.15, 0.2) is 38.4 Å². The van der Waals surface area contributed by atoms with E-state index in [1.807, 2.05) is 18.4 Å². The summed E-state index contributed by atoms with van der Waals surface area (Å²) in [6.45, 7) is 3.81. The molecule has 0 radical (unpaired) electrons. The zero-order valence-electron chi connectivity index (χ0n) is 12.2. The van der Waals surface area contributed by atoms with Crippen LogP contribution in [0.2, 0.25) is 0 Å². The van der Waals surface area contributed by atoms with Gasteiger partial charge in [0.25, 0.3) is 5.91 Å². The first-order valence-corrected chi connectivity index (χ1v) is 7.55. The zero-order chi connectivity index (χ0) is 15.1.